The highest BCUT2D eigenvalue weighted by atomic mass is 16.5. The molecule has 0 radical (unpaired) electrons. The summed E-state index contributed by atoms with van der Waals surface area (Å²) < 4.78 is 4.90. The highest BCUT2D eigenvalue weighted by Gasteiger charge is 2.37. The van der Waals surface area contributed by atoms with Crippen LogP contribution in [-0.2, 0) is 9.53 Å². The van der Waals surface area contributed by atoms with Crippen molar-refractivity contribution in [2.75, 3.05) is 7.11 Å². The van der Waals surface area contributed by atoms with Gasteiger partial charge in [0.05, 0.1) is 13.0 Å². The van der Waals surface area contributed by atoms with Crippen molar-refractivity contribution in [1.29, 1.82) is 0 Å². The van der Waals surface area contributed by atoms with Crippen LogP contribution in [0.25, 0.3) is 0 Å². The molecule has 3 atom stereocenters. The smallest absolute Gasteiger partial charge is 0.308 e. The van der Waals surface area contributed by atoms with Gasteiger partial charge in [0.2, 0.25) is 0 Å². The van der Waals surface area contributed by atoms with Crippen LogP contribution in [0.4, 0.5) is 0 Å². The maximum absolute atomic E-state index is 11.6. The SMILES string of the molecule is CCCC(CC)C1CCCC1C(=O)OC. The quantitative estimate of drug-likeness (QED) is 0.653. The number of esters is 1. The van der Waals surface area contributed by atoms with E-state index in [1.54, 1.807) is 0 Å². The molecule has 0 N–H and O–H groups in total. The summed E-state index contributed by atoms with van der Waals surface area (Å²) in [4.78, 5) is 11.6. The molecule has 0 amide bonds. The summed E-state index contributed by atoms with van der Waals surface area (Å²) in [6, 6.07) is 0. The Morgan fingerprint density at radius 1 is 1.40 bits per heavy atom. The molecule has 2 heteroatoms. The third kappa shape index (κ3) is 2.96. The normalized spacial score (nSPS) is 27.7. The first-order chi connectivity index (χ1) is 7.24. The predicted molar refractivity (Wildman–Crippen MR) is 61.5 cm³/mol. The van der Waals surface area contributed by atoms with Crippen molar-refractivity contribution < 1.29 is 9.53 Å². The van der Waals surface area contributed by atoms with Crippen molar-refractivity contribution >= 4 is 5.97 Å². The first-order valence-electron chi connectivity index (χ1n) is 6.32. The van der Waals surface area contributed by atoms with Gasteiger partial charge >= 0.3 is 5.97 Å². The van der Waals surface area contributed by atoms with Gasteiger partial charge in [0, 0.05) is 0 Å². The minimum Gasteiger partial charge on any atom is -0.469 e. The molecule has 0 bridgehead atoms. The Kier molecular flexibility index (Phi) is 5.13. The Labute approximate surface area is 93.4 Å². The van der Waals surface area contributed by atoms with Crippen molar-refractivity contribution in [3.05, 3.63) is 0 Å². The minimum atomic E-state index is 0.0204. The van der Waals surface area contributed by atoms with E-state index in [1.807, 2.05) is 0 Å². The second kappa shape index (κ2) is 6.14. The van der Waals surface area contributed by atoms with Crippen molar-refractivity contribution in [1.82, 2.24) is 0 Å². The van der Waals surface area contributed by atoms with Gasteiger partial charge in [-0.05, 0) is 24.7 Å². The van der Waals surface area contributed by atoms with Crippen molar-refractivity contribution in [3.63, 3.8) is 0 Å². The van der Waals surface area contributed by atoms with Gasteiger partial charge in [0.25, 0.3) is 0 Å². The first-order valence-corrected chi connectivity index (χ1v) is 6.32. The summed E-state index contributed by atoms with van der Waals surface area (Å²) in [5, 5.41) is 0. The number of carbonyl (C=O) groups excluding carboxylic acids is 1. The lowest BCUT2D eigenvalue weighted by atomic mass is 9.80. The molecule has 0 heterocycles. The molecule has 1 rings (SSSR count). The molecule has 1 aliphatic carbocycles. The lowest BCUT2D eigenvalue weighted by molar-refractivity contribution is -0.147. The zero-order valence-electron chi connectivity index (χ0n) is 10.3. The fourth-order valence-corrected chi connectivity index (χ4v) is 3.09. The van der Waals surface area contributed by atoms with Crippen LogP contribution in [0.2, 0.25) is 0 Å². The number of methoxy groups -OCH3 is 1. The molecule has 0 aromatic heterocycles. The van der Waals surface area contributed by atoms with E-state index in [2.05, 4.69) is 13.8 Å². The molecule has 1 fully saturated rings. The average molecular weight is 212 g/mol. The summed E-state index contributed by atoms with van der Waals surface area (Å²) >= 11 is 0. The standard InChI is InChI=1S/C13H24O2/c1-4-7-10(5-2)11-8-6-9-12(11)13(14)15-3/h10-12H,4-9H2,1-3H3. The van der Waals surface area contributed by atoms with E-state index >= 15 is 0 Å². The molecule has 0 aromatic carbocycles. The van der Waals surface area contributed by atoms with E-state index in [9.17, 15) is 4.79 Å². The summed E-state index contributed by atoms with van der Waals surface area (Å²) in [6.07, 6.45) is 7.14. The number of ether oxygens (including phenoxy) is 1. The van der Waals surface area contributed by atoms with Crippen LogP contribution < -0.4 is 0 Å². The lowest BCUT2D eigenvalue weighted by Gasteiger charge is -2.26. The maximum Gasteiger partial charge on any atom is 0.308 e. The van der Waals surface area contributed by atoms with Crippen LogP contribution >= 0.6 is 0 Å². The van der Waals surface area contributed by atoms with Gasteiger partial charge in [-0.2, -0.15) is 0 Å². The molecule has 2 nitrogen and oxygen atoms in total. The van der Waals surface area contributed by atoms with E-state index in [0.29, 0.717) is 5.92 Å². The fourth-order valence-electron chi connectivity index (χ4n) is 3.09. The molecule has 0 saturated heterocycles. The predicted octanol–water partition coefficient (Wildman–Crippen LogP) is 3.40. The highest BCUT2D eigenvalue weighted by molar-refractivity contribution is 5.73. The molecular weight excluding hydrogens is 188 g/mol. The number of hydrogen-bond acceptors (Lipinski definition) is 2. The third-order valence-corrected chi connectivity index (χ3v) is 3.86. The van der Waals surface area contributed by atoms with E-state index in [-0.39, 0.29) is 11.9 Å². The van der Waals surface area contributed by atoms with Crippen molar-refractivity contribution in [2.24, 2.45) is 17.8 Å². The zero-order valence-corrected chi connectivity index (χ0v) is 10.3. The first kappa shape index (κ1) is 12.5. The second-order valence-corrected chi connectivity index (χ2v) is 4.68. The summed E-state index contributed by atoms with van der Waals surface area (Å²) in [5.74, 6) is 1.52. The van der Waals surface area contributed by atoms with Gasteiger partial charge in [0.15, 0.2) is 0 Å². The molecule has 88 valence electrons. The van der Waals surface area contributed by atoms with Gasteiger partial charge in [0.1, 0.15) is 0 Å². The van der Waals surface area contributed by atoms with Gasteiger partial charge < -0.3 is 4.74 Å². The third-order valence-electron chi connectivity index (χ3n) is 3.86. The Balaban J connectivity index is 2.61. The number of hydrogen-bond donors (Lipinski definition) is 0. The Morgan fingerprint density at radius 3 is 2.67 bits per heavy atom. The topological polar surface area (TPSA) is 26.3 Å². The van der Waals surface area contributed by atoms with Crippen LogP contribution in [0.15, 0.2) is 0 Å². The molecule has 0 aliphatic heterocycles. The Morgan fingerprint density at radius 2 is 2.13 bits per heavy atom. The van der Waals surface area contributed by atoms with E-state index in [0.717, 1.165) is 12.3 Å². The maximum atomic E-state index is 11.6. The average Bonchev–Trinajstić information content (AvgIpc) is 2.73. The largest absolute Gasteiger partial charge is 0.469 e. The van der Waals surface area contributed by atoms with Crippen molar-refractivity contribution in [2.45, 2.75) is 52.4 Å². The second-order valence-electron chi connectivity index (χ2n) is 4.68. The number of carbonyl (C=O) groups is 1. The van der Waals surface area contributed by atoms with Crippen LogP contribution in [0.1, 0.15) is 52.4 Å². The van der Waals surface area contributed by atoms with Gasteiger partial charge in [-0.25, -0.2) is 0 Å². The van der Waals surface area contributed by atoms with Crippen LogP contribution in [0.5, 0.6) is 0 Å². The molecular formula is C13H24O2. The van der Waals surface area contributed by atoms with Crippen LogP contribution in [0, 0.1) is 17.8 Å². The molecule has 0 spiro atoms. The zero-order chi connectivity index (χ0) is 11.3. The molecule has 1 aliphatic rings. The highest BCUT2D eigenvalue weighted by Crippen LogP contribution is 2.40. The molecule has 1 saturated carbocycles. The summed E-state index contributed by atoms with van der Waals surface area (Å²) in [7, 11) is 1.51. The fraction of sp³-hybridized carbons (Fsp3) is 0.923. The lowest BCUT2D eigenvalue weighted by Crippen LogP contribution is -2.26. The van der Waals surface area contributed by atoms with Crippen LogP contribution in [-0.4, -0.2) is 13.1 Å². The Bertz CT molecular complexity index is 201. The Hall–Kier alpha value is -0.530. The molecule has 15 heavy (non-hydrogen) atoms. The summed E-state index contributed by atoms with van der Waals surface area (Å²) in [6.45, 7) is 4.47. The van der Waals surface area contributed by atoms with Gasteiger partial charge in [-0.15, -0.1) is 0 Å². The van der Waals surface area contributed by atoms with Crippen LogP contribution in [0.3, 0.4) is 0 Å². The van der Waals surface area contributed by atoms with Gasteiger partial charge in [-0.3, -0.25) is 4.79 Å². The van der Waals surface area contributed by atoms with E-state index in [1.165, 1.54) is 39.2 Å². The molecule has 0 aromatic rings. The number of rotatable bonds is 5. The van der Waals surface area contributed by atoms with E-state index < -0.39 is 0 Å². The molecule has 3 unspecified atom stereocenters. The van der Waals surface area contributed by atoms with Gasteiger partial charge in [-0.1, -0.05) is 39.5 Å². The van der Waals surface area contributed by atoms with Crippen molar-refractivity contribution in [3.8, 4) is 0 Å². The monoisotopic (exact) mass is 212 g/mol. The van der Waals surface area contributed by atoms with E-state index in [4.69, 9.17) is 4.74 Å². The minimum absolute atomic E-state index is 0.0204. The summed E-state index contributed by atoms with van der Waals surface area (Å²) in [5.41, 5.74) is 0.